The van der Waals surface area contributed by atoms with Crippen LogP contribution in [0.25, 0.3) is 0 Å². The summed E-state index contributed by atoms with van der Waals surface area (Å²) in [5.74, 6) is 0.852. The van der Waals surface area contributed by atoms with E-state index < -0.39 is 0 Å². The SMILES string of the molecule is CC(N)C1CCN(C(=O)C2(c3cccc(Cl)c3)CCCC2)CC1. The summed E-state index contributed by atoms with van der Waals surface area (Å²) in [5.41, 5.74) is 6.77. The van der Waals surface area contributed by atoms with E-state index in [4.69, 9.17) is 17.3 Å². The molecule has 1 atom stereocenters. The molecule has 2 N–H and O–H groups in total. The number of nitrogens with zero attached hydrogens (tertiary/aromatic N) is 1. The molecule has 3 rings (SSSR count). The summed E-state index contributed by atoms with van der Waals surface area (Å²) in [4.78, 5) is 15.4. The molecule has 0 bridgehead atoms. The molecule has 1 unspecified atom stereocenters. The van der Waals surface area contributed by atoms with Crippen molar-refractivity contribution < 1.29 is 4.79 Å². The second-order valence-corrected chi connectivity index (χ2v) is 7.72. The van der Waals surface area contributed by atoms with Gasteiger partial charge >= 0.3 is 0 Å². The van der Waals surface area contributed by atoms with Crippen molar-refractivity contribution in [1.29, 1.82) is 0 Å². The Balaban J connectivity index is 1.80. The molecule has 126 valence electrons. The monoisotopic (exact) mass is 334 g/mol. The van der Waals surface area contributed by atoms with Crippen LogP contribution in [0.4, 0.5) is 0 Å². The number of piperidine rings is 1. The average Bonchev–Trinajstić information content (AvgIpc) is 3.05. The second-order valence-electron chi connectivity index (χ2n) is 7.29. The Kier molecular flexibility index (Phi) is 4.98. The topological polar surface area (TPSA) is 46.3 Å². The van der Waals surface area contributed by atoms with E-state index >= 15 is 0 Å². The van der Waals surface area contributed by atoms with Gasteiger partial charge in [-0.05, 0) is 56.2 Å². The van der Waals surface area contributed by atoms with Crippen LogP contribution in [0.5, 0.6) is 0 Å². The van der Waals surface area contributed by atoms with E-state index in [1.807, 2.05) is 18.2 Å². The van der Waals surface area contributed by atoms with Crippen LogP contribution in [-0.2, 0) is 10.2 Å². The van der Waals surface area contributed by atoms with Crippen LogP contribution in [0.1, 0.15) is 51.0 Å². The Morgan fingerprint density at radius 3 is 2.52 bits per heavy atom. The third-order valence-electron chi connectivity index (χ3n) is 5.81. The van der Waals surface area contributed by atoms with Gasteiger partial charge < -0.3 is 10.6 Å². The van der Waals surface area contributed by atoms with Gasteiger partial charge in [0.05, 0.1) is 5.41 Å². The van der Waals surface area contributed by atoms with Crippen LogP contribution in [0, 0.1) is 5.92 Å². The molecule has 1 amide bonds. The largest absolute Gasteiger partial charge is 0.342 e. The summed E-state index contributed by atoms with van der Waals surface area (Å²) in [6.45, 7) is 3.76. The van der Waals surface area contributed by atoms with Crippen LogP contribution in [0.2, 0.25) is 5.02 Å². The Labute approximate surface area is 144 Å². The number of nitrogens with two attached hydrogens (primary N) is 1. The van der Waals surface area contributed by atoms with Crippen LogP contribution >= 0.6 is 11.6 Å². The standard InChI is InChI=1S/C19H27ClN2O/c1-14(21)15-7-11-22(12-8-15)18(23)19(9-2-3-10-19)16-5-4-6-17(20)13-16/h4-6,13-15H,2-3,7-12,21H2,1H3. The zero-order valence-electron chi connectivity index (χ0n) is 13.9. The lowest BCUT2D eigenvalue weighted by Gasteiger charge is -2.39. The molecule has 3 nitrogen and oxygen atoms in total. The van der Waals surface area contributed by atoms with Crippen molar-refractivity contribution in [3.05, 3.63) is 34.9 Å². The molecule has 1 aromatic carbocycles. The van der Waals surface area contributed by atoms with Gasteiger partial charge in [0, 0.05) is 24.2 Å². The highest BCUT2D eigenvalue weighted by Crippen LogP contribution is 2.43. The van der Waals surface area contributed by atoms with Crippen molar-refractivity contribution in [2.45, 2.75) is 56.9 Å². The second kappa shape index (κ2) is 6.82. The van der Waals surface area contributed by atoms with Gasteiger partial charge in [0.15, 0.2) is 0 Å². The number of rotatable bonds is 3. The van der Waals surface area contributed by atoms with Crippen LogP contribution < -0.4 is 5.73 Å². The quantitative estimate of drug-likeness (QED) is 0.915. The molecule has 1 aliphatic heterocycles. The normalized spacial score (nSPS) is 23.0. The van der Waals surface area contributed by atoms with Crippen LogP contribution in [0.15, 0.2) is 24.3 Å². The first-order valence-corrected chi connectivity index (χ1v) is 9.22. The van der Waals surface area contributed by atoms with Gasteiger partial charge in [-0.15, -0.1) is 0 Å². The lowest BCUT2D eigenvalue weighted by Crippen LogP contribution is -2.50. The van der Waals surface area contributed by atoms with E-state index in [2.05, 4.69) is 17.9 Å². The van der Waals surface area contributed by atoms with Crippen molar-refractivity contribution in [3.8, 4) is 0 Å². The summed E-state index contributed by atoms with van der Waals surface area (Å²) < 4.78 is 0. The molecule has 0 aromatic heterocycles. The maximum absolute atomic E-state index is 13.4. The molecular formula is C19H27ClN2O. The van der Waals surface area contributed by atoms with Gasteiger partial charge in [-0.3, -0.25) is 4.79 Å². The highest BCUT2D eigenvalue weighted by Gasteiger charge is 2.45. The molecular weight excluding hydrogens is 308 g/mol. The highest BCUT2D eigenvalue weighted by molar-refractivity contribution is 6.30. The number of benzene rings is 1. The third kappa shape index (κ3) is 3.27. The van der Waals surface area contributed by atoms with Crippen LogP contribution in [0.3, 0.4) is 0 Å². The summed E-state index contributed by atoms with van der Waals surface area (Å²) in [6.07, 6.45) is 6.17. The van der Waals surface area contributed by atoms with Crippen molar-refractivity contribution in [3.63, 3.8) is 0 Å². The first kappa shape index (κ1) is 16.8. The average molecular weight is 335 g/mol. The summed E-state index contributed by atoms with van der Waals surface area (Å²) in [7, 11) is 0. The molecule has 4 heteroatoms. The number of halogens is 1. The zero-order valence-corrected chi connectivity index (χ0v) is 14.7. The van der Waals surface area contributed by atoms with Crippen molar-refractivity contribution in [1.82, 2.24) is 4.90 Å². The minimum atomic E-state index is -0.355. The minimum Gasteiger partial charge on any atom is -0.342 e. The fourth-order valence-electron chi connectivity index (χ4n) is 4.32. The smallest absolute Gasteiger partial charge is 0.233 e. The number of likely N-dealkylation sites (tertiary alicyclic amines) is 1. The predicted octanol–water partition coefficient (Wildman–Crippen LogP) is 3.74. The first-order chi connectivity index (χ1) is 11.0. The maximum Gasteiger partial charge on any atom is 0.233 e. The molecule has 0 radical (unpaired) electrons. The fraction of sp³-hybridized carbons (Fsp3) is 0.632. The first-order valence-electron chi connectivity index (χ1n) is 8.84. The van der Waals surface area contributed by atoms with Crippen molar-refractivity contribution >= 4 is 17.5 Å². The van der Waals surface area contributed by atoms with E-state index in [1.165, 1.54) is 0 Å². The van der Waals surface area contributed by atoms with Crippen molar-refractivity contribution in [2.24, 2.45) is 11.7 Å². The predicted molar refractivity (Wildman–Crippen MR) is 94.6 cm³/mol. The van der Waals surface area contributed by atoms with E-state index in [0.717, 1.165) is 62.2 Å². The lowest BCUT2D eigenvalue weighted by molar-refractivity contribution is -0.138. The summed E-state index contributed by atoms with van der Waals surface area (Å²) in [6, 6.07) is 8.13. The van der Waals surface area contributed by atoms with E-state index in [1.54, 1.807) is 0 Å². The number of amides is 1. The van der Waals surface area contributed by atoms with Crippen molar-refractivity contribution in [2.75, 3.05) is 13.1 Å². The van der Waals surface area contributed by atoms with E-state index in [0.29, 0.717) is 11.8 Å². The number of carbonyl (C=O) groups excluding carboxylic acids is 1. The highest BCUT2D eigenvalue weighted by atomic mass is 35.5. The van der Waals surface area contributed by atoms with Gasteiger partial charge in [-0.1, -0.05) is 36.6 Å². The maximum atomic E-state index is 13.4. The van der Waals surface area contributed by atoms with Gasteiger partial charge in [0.25, 0.3) is 0 Å². The Morgan fingerprint density at radius 1 is 1.30 bits per heavy atom. The van der Waals surface area contributed by atoms with Gasteiger partial charge in [-0.2, -0.15) is 0 Å². The summed E-state index contributed by atoms with van der Waals surface area (Å²) in [5, 5.41) is 0.720. The molecule has 23 heavy (non-hydrogen) atoms. The lowest BCUT2D eigenvalue weighted by atomic mass is 9.77. The molecule has 1 heterocycles. The van der Waals surface area contributed by atoms with Gasteiger partial charge in [0.2, 0.25) is 5.91 Å². The van der Waals surface area contributed by atoms with Crippen LogP contribution in [-0.4, -0.2) is 29.9 Å². The Bertz CT molecular complexity index is 558. The number of hydrogen-bond acceptors (Lipinski definition) is 2. The molecule has 2 fully saturated rings. The van der Waals surface area contributed by atoms with E-state index in [9.17, 15) is 4.79 Å². The molecule has 1 saturated carbocycles. The van der Waals surface area contributed by atoms with Gasteiger partial charge in [-0.25, -0.2) is 0 Å². The minimum absolute atomic E-state index is 0.223. The van der Waals surface area contributed by atoms with E-state index in [-0.39, 0.29) is 11.5 Å². The molecule has 1 saturated heterocycles. The molecule has 1 aliphatic carbocycles. The molecule has 1 aromatic rings. The third-order valence-corrected chi connectivity index (χ3v) is 6.05. The van der Waals surface area contributed by atoms with Gasteiger partial charge in [0.1, 0.15) is 0 Å². The number of carbonyl (C=O) groups is 1. The molecule has 2 aliphatic rings. The fourth-order valence-corrected chi connectivity index (χ4v) is 4.51. The molecule has 0 spiro atoms. The Morgan fingerprint density at radius 2 is 1.96 bits per heavy atom. The zero-order chi connectivity index (χ0) is 16.4. The number of hydrogen-bond donors (Lipinski definition) is 1. The Hall–Kier alpha value is -1.06. The summed E-state index contributed by atoms with van der Waals surface area (Å²) >= 11 is 6.19.